The molecule has 0 bridgehead atoms. The Morgan fingerprint density at radius 2 is 2.00 bits per heavy atom. The first-order chi connectivity index (χ1) is 8.63. The predicted octanol–water partition coefficient (Wildman–Crippen LogP) is 3.31. The summed E-state index contributed by atoms with van der Waals surface area (Å²) in [4.78, 5) is 11.5. The molecule has 0 fully saturated rings. The summed E-state index contributed by atoms with van der Waals surface area (Å²) in [7, 11) is 1.32. The van der Waals surface area contributed by atoms with Crippen LogP contribution in [0.1, 0.15) is 30.6 Å². The summed E-state index contributed by atoms with van der Waals surface area (Å²) in [6.07, 6.45) is 0.862. The fraction of sp³-hybridized carbons (Fsp3) is 0.462. The lowest BCUT2D eigenvalue weighted by Crippen LogP contribution is -2.05. The van der Waals surface area contributed by atoms with Crippen molar-refractivity contribution in [2.24, 2.45) is 0 Å². The van der Waals surface area contributed by atoms with Crippen molar-refractivity contribution in [2.75, 3.05) is 20.3 Å². The van der Waals surface area contributed by atoms with E-state index in [1.165, 1.54) is 13.2 Å². The van der Waals surface area contributed by atoms with Gasteiger partial charge in [0, 0.05) is 0 Å². The number of carbonyl (C=O) groups excluding carboxylic acids is 1. The first-order valence-corrected chi connectivity index (χ1v) is 6.19. The van der Waals surface area contributed by atoms with Crippen LogP contribution in [-0.4, -0.2) is 26.3 Å². The molecule has 0 saturated heterocycles. The van der Waals surface area contributed by atoms with Crippen molar-refractivity contribution < 1.29 is 19.0 Å². The number of halogens is 1. The van der Waals surface area contributed by atoms with Gasteiger partial charge < -0.3 is 14.2 Å². The monoisotopic (exact) mass is 272 g/mol. The average Bonchev–Trinajstić information content (AvgIpc) is 2.37. The van der Waals surface area contributed by atoms with Gasteiger partial charge in [0.05, 0.1) is 30.9 Å². The van der Waals surface area contributed by atoms with Crippen LogP contribution in [0.5, 0.6) is 11.5 Å². The maximum atomic E-state index is 11.5. The Morgan fingerprint density at radius 3 is 2.56 bits per heavy atom. The van der Waals surface area contributed by atoms with Crippen LogP contribution in [0.15, 0.2) is 12.1 Å². The van der Waals surface area contributed by atoms with Crippen LogP contribution >= 0.6 is 11.6 Å². The maximum absolute atomic E-state index is 11.5. The molecule has 0 N–H and O–H groups in total. The number of carbonyl (C=O) groups is 1. The van der Waals surface area contributed by atoms with E-state index in [4.69, 9.17) is 21.1 Å². The second kappa shape index (κ2) is 7.11. The number of esters is 1. The Balaban J connectivity index is 3.13. The quantitative estimate of drug-likeness (QED) is 0.745. The highest BCUT2D eigenvalue weighted by Gasteiger charge is 2.16. The molecule has 0 amide bonds. The third-order valence-corrected chi connectivity index (χ3v) is 2.46. The van der Waals surface area contributed by atoms with Gasteiger partial charge in [-0.25, -0.2) is 4.79 Å². The third-order valence-electron chi connectivity index (χ3n) is 2.18. The zero-order chi connectivity index (χ0) is 13.5. The van der Waals surface area contributed by atoms with E-state index in [-0.39, 0.29) is 0 Å². The second-order valence-corrected chi connectivity index (χ2v) is 3.97. The van der Waals surface area contributed by atoms with Crippen molar-refractivity contribution in [2.45, 2.75) is 20.3 Å². The molecule has 0 aliphatic rings. The Bertz CT molecular complexity index is 418. The number of methoxy groups -OCH3 is 1. The molecule has 1 aromatic rings. The number of rotatable bonds is 6. The van der Waals surface area contributed by atoms with Crippen molar-refractivity contribution in [1.29, 1.82) is 0 Å². The minimum absolute atomic E-state index is 0.342. The van der Waals surface area contributed by atoms with Crippen LogP contribution in [0.3, 0.4) is 0 Å². The molecule has 18 heavy (non-hydrogen) atoms. The largest absolute Gasteiger partial charge is 0.490 e. The lowest BCUT2D eigenvalue weighted by molar-refractivity contribution is 0.0600. The summed E-state index contributed by atoms with van der Waals surface area (Å²) in [5.74, 6) is 0.465. The molecule has 0 spiro atoms. The van der Waals surface area contributed by atoms with Crippen LogP contribution in [0.4, 0.5) is 0 Å². The van der Waals surface area contributed by atoms with Crippen molar-refractivity contribution in [3.63, 3.8) is 0 Å². The molecule has 0 aliphatic heterocycles. The van der Waals surface area contributed by atoms with Gasteiger partial charge in [0.15, 0.2) is 11.5 Å². The van der Waals surface area contributed by atoms with E-state index in [9.17, 15) is 4.79 Å². The highest BCUT2D eigenvalue weighted by molar-refractivity contribution is 6.32. The maximum Gasteiger partial charge on any atom is 0.338 e. The van der Waals surface area contributed by atoms with Gasteiger partial charge in [-0.05, 0) is 25.5 Å². The van der Waals surface area contributed by atoms with E-state index in [0.717, 1.165) is 6.42 Å². The van der Waals surface area contributed by atoms with Gasteiger partial charge in [-0.3, -0.25) is 0 Å². The molecule has 4 nitrogen and oxygen atoms in total. The summed E-state index contributed by atoms with van der Waals surface area (Å²) in [5.41, 5.74) is 0.342. The molecule has 0 saturated carbocycles. The van der Waals surface area contributed by atoms with E-state index in [1.807, 2.05) is 13.8 Å². The summed E-state index contributed by atoms with van der Waals surface area (Å²) in [5, 5.41) is 0.342. The number of benzene rings is 1. The van der Waals surface area contributed by atoms with E-state index in [1.54, 1.807) is 6.07 Å². The number of hydrogen-bond acceptors (Lipinski definition) is 4. The van der Waals surface area contributed by atoms with E-state index >= 15 is 0 Å². The normalized spacial score (nSPS) is 10.0. The summed E-state index contributed by atoms with van der Waals surface area (Å²) in [6, 6.07) is 3.09. The van der Waals surface area contributed by atoms with E-state index < -0.39 is 5.97 Å². The molecular weight excluding hydrogens is 256 g/mol. The smallest absolute Gasteiger partial charge is 0.338 e. The van der Waals surface area contributed by atoms with Gasteiger partial charge in [0.25, 0.3) is 0 Å². The predicted molar refractivity (Wildman–Crippen MR) is 69.7 cm³/mol. The molecule has 0 aliphatic carbocycles. The molecule has 1 aromatic carbocycles. The van der Waals surface area contributed by atoms with Gasteiger partial charge in [0.2, 0.25) is 0 Å². The Labute approximate surface area is 112 Å². The van der Waals surface area contributed by atoms with Crippen molar-refractivity contribution in [3.8, 4) is 11.5 Å². The Hall–Kier alpha value is -1.42. The summed E-state index contributed by atoms with van der Waals surface area (Å²) < 4.78 is 15.6. The van der Waals surface area contributed by atoms with Crippen LogP contribution in [0.25, 0.3) is 0 Å². The van der Waals surface area contributed by atoms with Crippen molar-refractivity contribution in [1.82, 2.24) is 0 Å². The molecular formula is C13H17ClO4. The molecule has 0 aromatic heterocycles. The van der Waals surface area contributed by atoms with Gasteiger partial charge in [-0.15, -0.1) is 0 Å². The van der Waals surface area contributed by atoms with Crippen LogP contribution < -0.4 is 9.47 Å². The van der Waals surface area contributed by atoms with E-state index in [2.05, 4.69) is 4.74 Å². The standard InChI is InChI=1S/C13H17ClO4/c1-4-6-18-12-10(14)7-9(13(15)16-3)8-11(12)17-5-2/h7-8H,4-6H2,1-3H3. The molecule has 0 unspecified atom stereocenters. The first kappa shape index (κ1) is 14.6. The Morgan fingerprint density at radius 1 is 1.28 bits per heavy atom. The first-order valence-electron chi connectivity index (χ1n) is 5.81. The van der Waals surface area contributed by atoms with Gasteiger partial charge in [0.1, 0.15) is 0 Å². The highest BCUT2D eigenvalue weighted by atomic mass is 35.5. The van der Waals surface area contributed by atoms with Crippen molar-refractivity contribution in [3.05, 3.63) is 22.7 Å². The highest BCUT2D eigenvalue weighted by Crippen LogP contribution is 2.36. The zero-order valence-electron chi connectivity index (χ0n) is 10.8. The van der Waals surface area contributed by atoms with Gasteiger partial charge >= 0.3 is 5.97 Å². The summed E-state index contributed by atoms with van der Waals surface area (Å²) >= 11 is 6.09. The lowest BCUT2D eigenvalue weighted by atomic mass is 10.2. The number of hydrogen-bond donors (Lipinski definition) is 0. The Kier molecular flexibility index (Phi) is 5.78. The SMILES string of the molecule is CCCOc1c(Cl)cc(C(=O)OC)cc1OCC. The molecule has 0 heterocycles. The molecule has 0 radical (unpaired) electrons. The zero-order valence-corrected chi connectivity index (χ0v) is 11.5. The fourth-order valence-electron chi connectivity index (χ4n) is 1.41. The minimum Gasteiger partial charge on any atom is -0.490 e. The molecule has 1 rings (SSSR count). The molecule has 5 heteroatoms. The average molecular weight is 273 g/mol. The van der Waals surface area contributed by atoms with Gasteiger partial charge in [-0.2, -0.15) is 0 Å². The van der Waals surface area contributed by atoms with Crippen LogP contribution in [-0.2, 0) is 4.74 Å². The second-order valence-electron chi connectivity index (χ2n) is 3.56. The summed E-state index contributed by atoms with van der Waals surface area (Å²) in [6.45, 7) is 4.85. The minimum atomic E-state index is -0.458. The lowest BCUT2D eigenvalue weighted by Gasteiger charge is -2.14. The molecule has 0 atom stereocenters. The molecule has 100 valence electrons. The third kappa shape index (κ3) is 3.53. The van der Waals surface area contributed by atoms with Crippen LogP contribution in [0.2, 0.25) is 5.02 Å². The number of ether oxygens (including phenoxy) is 3. The topological polar surface area (TPSA) is 44.8 Å². The van der Waals surface area contributed by atoms with Crippen LogP contribution in [0, 0.1) is 0 Å². The van der Waals surface area contributed by atoms with Gasteiger partial charge in [-0.1, -0.05) is 18.5 Å². The van der Waals surface area contributed by atoms with Crippen molar-refractivity contribution >= 4 is 17.6 Å². The van der Waals surface area contributed by atoms with E-state index in [0.29, 0.717) is 35.3 Å². The fourth-order valence-corrected chi connectivity index (χ4v) is 1.68.